The molecule has 2 aromatic carbocycles. The van der Waals surface area contributed by atoms with Crippen molar-refractivity contribution < 1.29 is 9.90 Å². The number of benzene rings is 2. The molecular weight excluding hydrogens is 262 g/mol. The van der Waals surface area contributed by atoms with Gasteiger partial charge >= 0.3 is 5.97 Å². The summed E-state index contributed by atoms with van der Waals surface area (Å²) in [5.74, 6) is 5.36. The van der Waals surface area contributed by atoms with Crippen LogP contribution in [0.2, 0.25) is 0 Å². The van der Waals surface area contributed by atoms with Crippen molar-refractivity contribution in [2.24, 2.45) is 0 Å². The van der Waals surface area contributed by atoms with Gasteiger partial charge in [-0.15, -0.1) is 0 Å². The second-order valence-corrected chi connectivity index (χ2v) is 4.98. The molecule has 104 valence electrons. The number of carboxylic acids is 1. The maximum atomic E-state index is 11.4. The Balaban J connectivity index is 1.83. The Kier molecular flexibility index (Phi) is 3.61. The zero-order chi connectivity index (χ0) is 14.7. The molecule has 0 aromatic heterocycles. The van der Waals surface area contributed by atoms with Crippen molar-refractivity contribution in [1.82, 2.24) is 0 Å². The molecule has 1 N–H and O–H groups in total. The number of hydrogen-bond donors (Lipinski definition) is 1. The van der Waals surface area contributed by atoms with E-state index in [2.05, 4.69) is 11.8 Å². The van der Waals surface area contributed by atoms with E-state index in [1.807, 2.05) is 59.5 Å². The van der Waals surface area contributed by atoms with E-state index < -0.39 is 12.0 Å². The van der Waals surface area contributed by atoms with E-state index in [-0.39, 0.29) is 0 Å². The third-order valence-electron chi connectivity index (χ3n) is 3.63. The van der Waals surface area contributed by atoms with Gasteiger partial charge in [0.2, 0.25) is 0 Å². The molecule has 0 radical (unpaired) electrons. The number of rotatable bonds is 2. The monoisotopic (exact) mass is 277 g/mol. The molecule has 3 heteroatoms. The quantitative estimate of drug-likeness (QED) is 0.858. The number of fused-ring (bicyclic) bond motifs is 1. The standard InChI is InChI=1S/C18H15NO2/c20-18(21)17-13-15-10-4-5-11-16(15)19(17)12-6-9-14-7-2-1-3-8-14/h1-5,7-8,10-11,17H,12-13H2,(H,20,21). The molecule has 0 saturated carbocycles. The molecule has 0 spiro atoms. The van der Waals surface area contributed by atoms with Gasteiger partial charge in [0.15, 0.2) is 0 Å². The van der Waals surface area contributed by atoms with Crippen LogP contribution in [-0.4, -0.2) is 23.7 Å². The third-order valence-corrected chi connectivity index (χ3v) is 3.63. The van der Waals surface area contributed by atoms with E-state index >= 15 is 0 Å². The Labute approximate surface area is 123 Å². The van der Waals surface area contributed by atoms with E-state index in [4.69, 9.17) is 0 Å². The number of aliphatic carboxylic acids is 1. The van der Waals surface area contributed by atoms with Crippen molar-refractivity contribution in [2.75, 3.05) is 11.4 Å². The minimum Gasteiger partial charge on any atom is -0.480 e. The molecule has 1 heterocycles. The summed E-state index contributed by atoms with van der Waals surface area (Å²) in [5.41, 5.74) is 3.00. The summed E-state index contributed by atoms with van der Waals surface area (Å²) in [6, 6.07) is 17.0. The average Bonchev–Trinajstić information content (AvgIpc) is 2.88. The normalized spacial score (nSPS) is 16.0. The summed E-state index contributed by atoms with van der Waals surface area (Å²) in [5, 5.41) is 9.38. The lowest BCUT2D eigenvalue weighted by Crippen LogP contribution is -2.38. The van der Waals surface area contributed by atoms with E-state index in [0.717, 1.165) is 16.8 Å². The summed E-state index contributed by atoms with van der Waals surface area (Å²) in [6.45, 7) is 0.420. The highest BCUT2D eigenvalue weighted by atomic mass is 16.4. The summed E-state index contributed by atoms with van der Waals surface area (Å²) in [6.07, 6.45) is 0.540. The van der Waals surface area contributed by atoms with Gasteiger partial charge in [0.25, 0.3) is 0 Å². The lowest BCUT2D eigenvalue weighted by atomic mass is 10.1. The molecule has 3 nitrogen and oxygen atoms in total. The fourth-order valence-electron chi connectivity index (χ4n) is 2.61. The van der Waals surface area contributed by atoms with Crippen LogP contribution in [0.15, 0.2) is 54.6 Å². The molecule has 0 bridgehead atoms. The van der Waals surface area contributed by atoms with Gasteiger partial charge in [0, 0.05) is 17.7 Å². The van der Waals surface area contributed by atoms with Gasteiger partial charge in [-0.05, 0) is 23.8 Å². The molecule has 0 fully saturated rings. The van der Waals surface area contributed by atoms with Crippen molar-refractivity contribution in [3.63, 3.8) is 0 Å². The van der Waals surface area contributed by atoms with E-state index in [0.29, 0.717) is 13.0 Å². The number of nitrogens with zero attached hydrogens (tertiary/aromatic N) is 1. The zero-order valence-corrected chi connectivity index (χ0v) is 11.5. The fraction of sp³-hybridized carbons (Fsp3) is 0.167. The molecule has 1 unspecified atom stereocenters. The maximum Gasteiger partial charge on any atom is 0.326 e. The summed E-state index contributed by atoms with van der Waals surface area (Å²) >= 11 is 0. The Morgan fingerprint density at radius 1 is 1.14 bits per heavy atom. The van der Waals surface area contributed by atoms with Gasteiger partial charge < -0.3 is 10.0 Å². The summed E-state index contributed by atoms with van der Waals surface area (Å²) in [4.78, 5) is 13.3. The first-order valence-electron chi connectivity index (χ1n) is 6.87. The number of carbonyl (C=O) groups is 1. The molecule has 2 aromatic rings. The number of hydrogen-bond acceptors (Lipinski definition) is 2. The van der Waals surface area contributed by atoms with Crippen molar-refractivity contribution in [1.29, 1.82) is 0 Å². The van der Waals surface area contributed by atoms with E-state index in [9.17, 15) is 9.90 Å². The highest BCUT2D eigenvalue weighted by molar-refractivity contribution is 5.82. The van der Waals surface area contributed by atoms with Crippen LogP contribution in [0.25, 0.3) is 0 Å². The minimum atomic E-state index is -0.798. The molecule has 0 aliphatic carbocycles. The highest BCUT2D eigenvalue weighted by Gasteiger charge is 2.33. The topological polar surface area (TPSA) is 40.5 Å². The Bertz CT molecular complexity index is 713. The van der Waals surface area contributed by atoms with E-state index in [1.165, 1.54) is 0 Å². The minimum absolute atomic E-state index is 0.420. The van der Waals surface area contributed by atoms with Crippen molar-refractivity contribution in [3.05, 3.63) is 65.7 Å². The zero-order valence-electron chi connectivity index (χ0n) is 11.5. The maximum absolute atomic E-state index is 11.4. The van der Waals surface area contributed by atoms with Crippen LogP contribution >= 0.6 is 0 Å². The smallest absolute Gasteiger partial charge is 0.326 e. The lowest BCUT2D eigenvalue weighted by molar-refractivity contribution is -0.138. The first-order chi connectivity index (χ1) is 10.3. The molecule has 0 amide bonds. The molecule has 1 aliphatic heterocycles. The van der Waals surface area contributed by atoms with Crippen LogP contribution in [0.5, 0.6) is 0 Å². The first-order valence-corrected chi connectivity index (χ1v) is 6.87. The van der Waals surface area contributed by atoms with Gasteiger partial charge in [-0.1, -0.05) is 48.2 Å². The summed E-state index contributed by atoms with van der Waals surface area (Å²) < 4.78 is 0. The molecule has 1 atom stereocenters. The molecule has 3 rings (SSSR count). The van der Waals surface area contributed by atoms with Crippen LogP contribution in [0, 0.1) is 11.8 Å². The van der Waals surface area contributed by atoms with Crippen LogP contribution in [-0.2, 0) is 11.2 Å². The number of carboxylic acid groups (broad SMARTS) is 1. The average molecular weight is 277 g/mol. The van der Waals surface area contributed by atoms with E-state index in [1.54, 1.807) is 0 Å². The van der Waals surface area contributed by atoms with Gasteiger partial charge in [0.05, 0.1) is 6.54 Å². The second-order valence-electron chi connectivity index (χ2n) is 4.98. The van der Waals surface area contributed by atoms with Crippen molar-refractivity contribution in [3.8, 4) is 11.8 Å². The fourth-order valence-corrected chi connectivity index (χ4v) is 2.61. The van der Waals surface area contributed by atoms with Crippen LogP contribution in [0.4, 0.5) is 5.69 Å². The van der Waals surface area contributed by atoms with Gasteiger partial charge in [-0.25, -0.2) is 4.79 Å². The van der Waals surface area contributed by atoms with Crippen molar-refractivity contribution in [2.45, 2.75) is 12.5 Å². The van der Waals surface area contributed by atoms with Gasteiger partial charge in [-0.3, -0.25) is 0 Å². The van der Waals surface area contributed by atoms with Crippen molar-refractivity contribution >= 4 is 11.7 Å². The third kappa shape index (κ3) is 2.75. The lowest BCUT2D eigenvalue weighted by Gasteiger charge is -2.21. The molecular formula is C18H15NO2. The van der Waals surface area contributed by atoms with Gasteiger partial charge in [0.1, 0.15) is 6.04 Å². The Morgan fingerprint density at radius 3 is 2.62 bits per heavy atom. The Hall–Kier alpha value is -2.73. The summed E-state index contributed by atoms with van der Waals surface area (Å²) in [7, 11) is 0. The molecule has 21 heavy (non-hydrogen) atoms. The molecule has 1 aliphatic rings. The SMILES string of the molecule is O=C(O)C1Cc2ccccc2N1CC#Cc1ccccc1. The Morgan fingerprint density at radius 2 is 1.86 bits per heavy atom. The number of anilines is 1. The van der Waals surface area contributed by atoms with Gasteiger partial charge in [-0.2, -0.15) is 0 Å². The molecule has 0 saturated heterocycles. The first kappa shape index (κ1) is 13.3. The van der Waals surface area contributed by atoms with Crippen LogP contribution < -0.4 is 4.90 Å². The number of para-hydroxylation sites is 1. The largest absolute Gasteiger partial charge is 0.480 e. The second kappa shape index (κ2) is 5.72. The van der Waals surface area contributed by atoms with Crippen LogP contribution in [0.3, 0.4) is 0 Å². The predicted molar refractivity (Wildman–Crippen MR) is 82.2 cm³/mol. The van der Waals surface area contributed by atoms with Crippen LogP contribution in [0.1, 0.15) is 11.1 Å². The highest BCUT2D eigenvalue weighted by Crippen LogP contribution is 2.31. The predicted octanol–water partition coefficient (Wildman–Crippen LogP) is 2.55.